The van der Waals surface area contributed by atoms with Crippen LogP contribution >= 0.6 is 15.9 Å². The van der Waals surface area contributed by atoms with E-state index in [9.17, 15) is 4.79 Å². The molecule has 2 aliphatic rings. The molecule has 0 N–H and O–H groups in total. The number of hydrogen-bond donors (Lipinski definition) is 0. The summed E-state index contributed by atoms with van der Waals surface area (Å²) < 4.78 is 0.780. The van der Waals surface area contributed by atoms with Crippen LogP contribution in [0.2, 0.25) is 0 Å². The van der Waals surface area contributed by atoms with Crippen molar-refractivity contribution < 1.29 is 4.79 Å². The van der Waals surface area contributed by atoms with Gasteiger partial charge in [0.25, 0.3) is 5.91 Å². The van der Waals surface area contributed by atoms with E-state index in [0.29, 0.717) is 17.8 Å². The Bertz CT molecular complexity index is 493. The molecule has 1 amide bonds. The predicted molar refractivity (Wildman–Crippen MR) is 77.0 cm³/mol. The van der Waals surface area contributed by atoms with Gasteiger partial charge in [0.15, 0.2) is 0 Å². The molecule has 0 spiro atoms. The van der Waals surface area contributed by atoms with E-state index in [0.717, 1.165) is 24.0 Å². The SMILES string of the molecule is CN1C2CCC1CN(C(=O)c1ncccc1Br)CC2. The minimum Gasteiger partial charge on any atom is -0.336 e. The van der Waals surface area contributed by atoms with Crippen LogP contribution in [0.3, 0.4) is 0 Å². The van der Waals surface area contributed by atoms with E-state index in [1.165, 1.54) is 12.8 Å². The van der Waals surface area contributed by atoms with E-state index < -0.39 is 0 Å². The van der Waals surface area contributed by atoms with Gasteiger partial charge in [0.05, 0.1) is 0 Å². The number of halogens is 1. The highest BCUT2D eigenvalue weighted by Gasteiger charge is 2.36. The molecule has 2 saturated heterocycles. The Morgan fingerprint density at radius 1 is 1.37 bits per heavy atom. The number of rotatable bonds is 1. The molecule has 0 aliphatic carbocycles. The Labute approximate surface area is 121 Å². The molecule has 2 unspecified atom stereocenters. The van der Waals surface area contributed by atoms with Crippen LogP contribution in [0.25, 0.3) is 0 Å². The number of fused-ring (bicyclic) bond motifs is 2. The van der Waals surface area contributed by atoms with Crippen LogP contribution < -0.4 is 0 Å². The minimum atomic E-state index is 0.0495. The molecule has 2 fully saturated rings. The summed E-state index contributed by atoms with van der Waals surface area (Å²) in [5.74, 6) is 0.0495. The first-order valence-corrected chi connectivity index (χ1v) is 7.58. The minimum absolute atomic E-state index is 0.0495. The van der Waals surface area contributed by atoms with Crippen LogP contribution in [0.15, 0.2) is 22.8 Å². The highest BCUT2D eigenvalue weighted by Crippen LogP contribution is 2.29. The predicted octanol–water partition coefficient (Wildman–Crippen LogP) is 2.15. The first-order chi connectivity index (χ1) is 9.16. The maximum atomic E-state index is 12.6. The van der Waals surface area contributed by atoms with Gasteiger partial charge in [-0.15, -0.1) is 0 Å². The summed E-state index contributed by atoms with van der Waals surface area (Å²) in [6, 6.07) is 4.86. The van der Waals surface area contributed by atoms with Gasteiger partial charge in [0.2, 0.25) is 0 Å². The zero-order valence-electron chi connectivity index (χ0n) is 11.1. The number of amides is 1. The van der Waals surface area contributed by atoms with Gasteiger partial charge in [0.1, 0.15) is 5.69 Å². The maximum Gasteiger partial charge on any atom is 0.273 e. The molecule has 3 rings (SSSR count). The Hall–Kier alpha value is -0.940. The molecular weight excluding hydrogens is 306 g/mol. The molecule has 2 bridgehead atoms. The normalized spacial score (nSPS) is 27.4. The van der Waals surface area contributed by atoms with E-state index in [4.69, 9.17) is 0 Å². The Morgan fingerprint density at radius 3 is 2.95 bits per heavy atom. The third kappa shape index (κ3) is 2.41. The molecule has 0 radical (unpaired) electrons. The number of nitrogens with zero attached hydrogens (tertiary/aromatic N) is 3. The number of aromatic nitrogens is 1. The smallest absolute Gasteiger partial charge is 0.273 e. The van der Waals surface area contributed by atoms with Gasteiger partial charge in [0, 0.05) is 35.8 Å². The third-order valence-corrected chi connectivity index (χ3v) is 5.04. The topological polar surface area (TPSA) is 36.4 Å². The summed E-state index contributed by atoms with van der Waals surface area (Å²) in [5, 5.41) is 0. The van der Waals surface area contributed by atoms with Gasteiger partial charge in [-0.2, -0.15) is 0 Å². The lowest BCUT2D eigenvalue weighted by Crippen LogP contribution is -2.40. The second kappa shape index (κ2) is 5.21. The molecule has 3 heterocycles. The largest absolute Gasteiger partial charge is 0.336 e. The van der Waals surface area contributed by atoms with Gasteiger partial charge < -0.3 is 4.90 Å². The van der Waals surface area contributed by atoms with E-state index >= 15 is 0 Å². The number of likely N-dealkylation sites (N-methyl/N-ethyl adjacent to an activating group) is 1. The highest BCUT2D eigenvalue weighted by molar-refractivity contribution is 9.10. The fraction of sp³-hybridized carbons (Fsp3) is 0.571. The summed E-state index contributed by atoms with van der Waals surface area (Å²) in [5.41, 5.74) is 0.530. The highest BCUT2D eigenvalue weighted by atomic mass is 79.9. The fourth-order valence-corrected chi connectivity index (χ4v) is 3.61. The Kier molecular flexibility index (Phi) is 3.58. The lowest BCUT2D eigenvalue weighted by molar-refractivity contribution is 0.0733. The number of hydrogen-bond acceptors (Lipinski definition) is 3. The summed E-state index contributed by atoms with van der Waals surface area (Å²) in [7, 11) is 2.19. The average Bonchev–Trinajstić information content (AvgIpc) is 2.63. The number of carbonyl (C=O) groups excluding carboxylic acids is 1. The van der Waals surface area contributed by atoms with Crippen molar-refractivity contribution in [1.82, 2.24) is 14.8 Å². The van der Waals surface area contributed by atoms with Crippen molar-refractivity contribution in [2.24, 2.45) is 0 Å². The van der Waals surface area contributed by atoms with E-state index in [1.54, 1.807) is 6.20 Å². The van der Waals surface area contributed by atoms with Crippen LogP contribution in [-0.2, 0) is 0 Å². The molecular formula is C14H18BrN3O. The summed E-state index contributed by atoms with van der Waals surface area (Å²) >= 11 is 3.42. The molecule has 0 saturated carbocycles. The second-order valence-corrected chi connectivity index (χ2v) is 6.28. The molecule has 1 aromatic rings. The number of carbonyl (C=O) groups is 1. The van der Waals surface area contributed by atoms with Crippen LogP contribution in [0.4, 0.5) is 0 Å². The Balaban J connectivity index is 1.80. The van der Waals surface area contributed by atoms with Crippen molar-refractivity contribution in [3.05, 3.63) is 28.5 Å². The molecule has 102 valence electrons. The van der Waals surface area contributed by atoms with Crippen LogP contribution in [0, 0.1) is 0 Å². The zero-order valence-corrected chi connectivity index (χ0v) is 12.6. The number of pyridine rings is 1. The van der Waals surface area contributed by atoms with E-state index in [2.05, 4.69) is 32.9 Å². The fourth-order valence-electron chi connectivity index (χ4n) is 3.19. The number of likely N-dealkylation sites (tertiary alicyclic amines) is 1. The van der Waals surface area contributed by atoms with E-state index in [-0.39, 0.29) is 5.91 Å². The lowest BCUT2D eigenvalue weighted by atomic mass is 10.1. The first kappa shape index (κ1) is 13.1. The van der Waals surface area contributed by atoms with Gasteiger partial charge in [-0.3, -0.25) is 9.69 Å². The molecule has 19 heavy (non-hydrogen) atoms. The van der Waals surface area contributed by atoms with Gasteiger partial charge >= 0.3 is 0 Å². The summed E-state index contributed by atoms with van der Waals surface area (Å²) in [6.45, 7) is 1.67. The van der Waals surface area contributed by atoms with Crippen molar-refractivity contribution in [2.75, 3.05) is 20.1 Å². The van der Waals surface area contributed by atoms with E-state index in [1.807, 2.05) is 17.0 Å². The van der Waals surface area contributed by atoms with Crippen molar-refractivity contribution in [3.63, 3.8) is 0 Å². The van der Waals surface area contributed by atoms with Crippen molar-refractivity contribution in [2.45, 2.75) is 31.3 Å². The van der Waals surface area contributed by atoms with Gasteiger partial charge in [-0.1, -0.05) is 0 Å². The molecule has 2 aliphatic heterocycles. The second-order valence-electron chi connectivity index (χ2n) is 5.42. The van der Waals surface area contributed by atoms with Gasteiger partial charge in [-0.05, 0) is 54.4 Å². The Morgan fingerprint density at radius 2 is 2.16 bits per heavy atom. The van der Waals surface area contributed by atoms with Gasteiger partial charge in [-0.25, -0.2) is 4.98 Å². The molecule has 4 nitrogen and oxygen atoms in total. The zero-order chi connectivity index (χ0) is 13.4. The van der Waals surface area contributed by atoms with Crippen LogP contribution in [0.1, 0.15) is 29.8 Å². The maximum absolute atomic E-state index is 12.6. The monoisotopic (exact) mass is 323 g/mol. The summed E-state index contributed by atoms with van der Waals surface area (Å²) in [6.07, 6.45) is 5.22. The van der Waals surface area contributed by atoms with Crippen molar-refractivity contribution in [1.29, 1.82) is 0 Å². The van der Waals surface area contributed by atoms with Crippen LogP contribution in [0.5, 0.6) is 0 Å². The molecule has 1 aromatic heterocycles. The van der Waals surface area contributed by atoms with Crippen molar-refractivity contribution >= 4 is 21.8 Å². The lowest BCUT2D eigenvalue weighted by Gasteiger charge is -2.25. The molecule has 5 heteroatoms. The molecule has 0 aromatic carbocycles. The first-order valence-electron chi connectivity index (χ1n) is 6.78. The molecule has 2 atom stereocenters. The van der Waals surface area contributed by atoms with Crippen molar-refractivity contribution in [3.8, 4) is 0 Å². The van der Waals surface area contributed by atoms with Crippen LogP contribution in [-0.4, -0.2) is 52.9 Å². The average molecular weight is 324 g/mol. The summed E-state index contributed by atoms with van der Waals surface area (Å²) in [4.78, 5) is 21.2. The standard InChI is InChI=1S/C14H18BrN3O/c1-17-10-4-5-11(17)9-18(8-6-10)14(19)13-12(15)3-2-7-16-13/h2-3,7,10-11H,4-6,8-9H2,1H3. The quantitative estimate of drug-likeness (QED) is 0.794. The third-order valence-electron chi connectivity index (χ3n) is 4.40.